The van der Waals surface area contributed by atoms with Crippen molar-refractivity contribution in [2.75, 3.05) is 11.4 Å². The molecular formula is C13H17FN2O3. The van der Waals surface area contributed by atoms with Gasteiger partial charge in [0, 0.05) is 6.54 Å². The second kappa shape index (κ2) is 6.72. The summed E-state index contributed by atoms with van der Waals surface area (Å²) in [7, 11) is 0. The Morgan fingerprint density at radius 1 is 1.37 bits per heavy atom. The smallest absolute Gasteiger partial charge is 0.326 e. The maximum Gasteiger partial charge on any atom is 0.326 e. The Bertz CT molecular complexity index is 465. The van der Waals surface area contributed by atoms with E-state index in [0.29, 0.717) is 0 Å². The first-order valence-corrected chi connectivity index (χ1v) is 6.06. The number of rotatable bonds is 5. The molecule has 1 aromatic carbocycles. The number of carbonyl (C=O) groups is 2. The van der Waals surface area contributed by atoms with Crippen molar-refractivity contribution < 1.29 is 19.1 Å². The van der Waals surface area contributed by atoms with Crippen LogP contribution in [0.3, 0.4) is 0 Å². The third kappa shape index (κ3) is 3.67. The molecule has 0 fully saturated rings. The molecule has 5 nitrogen and oxygen atoms in total. The minimum Gasteiger partial charge on any atom is -0.480 e. The number of amides is 2. The van der Waals surface area contributed by atoms with Crippen molar-refractivity contribution in [1.82, 2.24) is 5.32 Å². The summed E-state index contributed by atoms with van der Waals surface area (Å²) in [5.74, 6) is -1.64. The van der Waals surface area contributed by atoms with Gasteiger partial charge in [0.05, 0.1) is 5.69 Å². The monoisotopic (exact) mass is 268 g/mol. The molecule has 2 amide bonds. The summed E-state index contributed by atoms with van der Waals surface area (Å²) in [5.41, 5.74) is 0.128. The molecular weight excluding hydrogens is 251 g/mol. The van der Waals surface area contributed by atoms with Gasteiger partial charge in [0.2, 0.25) is 0 Å². The highest BCUT2D eigenvalue weighted by molar-refractivity contribution is 5.94. The van der Waals surface area contributed by atoms with Gasteiger partial charge >= 0.3 is 12.0 Å². The molecule has 0 heterocycles. The van der Waals surface area contributed by atoms with E-state index < -0.39 is 23.9 Å². The van der Waals surface area contributed by atoms with Crippen LogP contribution in [0.2, 0.25) is 0 Å². The van der Waals surface area contributed by atoms with Gasteiger partial charge in [0.25, 0.3) is 0 Å². The predicted molar refractivity (Wildman–Crippen MR) is 69.7 cm³/mol. The molecule has 1 atom stereocenters. The number of nitrogens with zero attached hydrogens (tertiary/aromatic N) is 1. The minimum absolute atomic E-state index is 0.128. The van der Waals surface area contributed by atoms with Crippen molar-refractivity contribution in [3.63, 3.8) is 0 Å². The van der Waals surface area contributed by atoms with Crippen LogP contribution in [0.5, 0.6) is 0 Å². The van der Waals surface area contributed by atoms with Crippen molar-refractivity contribution in [3.05, 3.63) is 30.1 Å². The van der Waals surface area contributed by atoms with Crippen LogP contribution < -0.4 is 10.2 Å². The number of hydrogen-bond donors (Lipinski definition) is 2. The number of carboxylic acid groups (broad SMARTS) is 1. The Morgan fingerprint density at radius 2 is 2.00 bits per heavy atom. The van der Waals surface area contributed by atoms with Gasteiger partial charge in [0.15, 0.2) is 0 Å². The summed E-state index contributed by atoms with van der Waals surface area (Å²) in [6.07, 6.45) is 0.260. The first-order chi connectivity index (χ1) is 9.01. The van der Waals surface area contributed by atoms with E-state index in [2.05, 4.69) is 5.32 Å². The number of hydrogen-bond acceptors (Lipinski definition) is 2. The van der Waals surface area contributed by atoms with Crippen molar-refractivity contribution in [2.45, 2.75) is 26.3 Å². The SMILES string of the molecule is CC[C@@H](NC(=O)N(CC)c1ccccc1F)C(=O)O. The molecule has 0 aliphatic carbocycles. The minimum atomic E-state index is -1.11. The average Bonchev–Trinajstić information content (AvgIpc) is 2.38. The van der Waals surface area contributed by atoms with Crippen molar-refractivity contribution in [3.8, 4) is 0 Å². The van der Waals surface area contributed by atoms with Crippen molar-refractivity contribution >= 4 is 17.7 Å². The lowest BCUT2D eigenvalue weighted by molar-refractivity contribution is -0.139. The fraction of sp³-hybridized carbons (Fsp3) is 0.385. The number of aliphatic carboxylic acids is 1. The van der Waals surface area contributed by atoms with E-state index in [-0.39, 0.29) is 18.7 Å². The molecule has 6 heteroatoms. The van der Waals surface area contributed by atoms with Crippen LogP contribution in [0, 0.1) is 5.82 Å². The number of benzene rings is 1. The van der Waals surface area contributed by atoms with Gasteiger partial charge in [-0.05, 0) is 25.5 Å². The maximum absolute atomic E-state index is 13.6. The van der Waals surface area contributed by atoms with Crippen LogP contribution in [0.15, 0.2) is 24.3 Å². The summed E-state index contributed by atoms with van der Waals surface area (Å²) < 4.78 is 13.6. The molecule has 0 radical (unpaired) electrons. The van der Waals surface area contributed by atoms with Crippen molar-refractivity contribution in [1.29, 1.82) is 0 Å². The summed E-state index contributed by atoms with van der Waals surface area (Å²) in [5, 5.41) is 11.3. The number of carbonyl (C=O) groups excluding carboxylic acids is 1. The second-order valence-electron chi connectivity index (χ2n) is 3.94. The predicted octanol–water partition coefficient (Wildman–Crippen LogP) is 2.22. The van der Waals surface area contributed by atoms with Gasteiger partial charge in [-0.3, -0.25) is 4.90 Å². The van der Waals surface area contributed by atoms with Gasteiger partial charge in [-0.1, -0.05) is 19.1 Å². The Balaban J connectivity index is 2.89. The van der Waals surface area contributed by atoms with Crippen LogP contribution in [-0.4, -0.2) is 29.7 Å². The average molecular weight is 268 g/mol. The molecule has 0 saturated carbocycles. The number of para-hydroxylation sites is 1. The van der Waals surface area contributed by atoms with Crippen LogP contribution in [0.1, 0.15) is 20.3 Å². The molecule has 0 unspecified atom stereocenters. The first kappa shape index (κ1) is 14.9. The van der Waals surface area contributed by atoms with Crippen LogP contribution >= 0.6 is 0 Å². The van der Waals surface area contributed by atoms with Gasteiger partial charge in [0.1, 0.15) is 11.9 Å². The molecule has 19 heavy (non-hydrogen) atoms. The lowest BCUT2D eigenvalue weighted by Crippen LogP contribution is -2.48. The summed E-state index contributed by atoms with van der Waals surface area (Å²) >= 11 is 0. The summed E-state index contributed by atoms with van der Waals surface area (Å²) in [4.78, 5) is 24.0. The maximum atomic E-state index is 13.6. The van der Waals surface area contributed by atoms with Crippen molar-refractivity contribution in [2.24, 2.45) is 0 Å². The van der Waals surface area contributed by atoms with E-state index in [0.717, 1.165) is 0 Å². The second-order valence-corrected chi connectivity index (χ2v) is 3.94. The van der Waals surface area contributed by atoms with E-state index in [4.69, 9.17) is 5.11 Å². The Hall–Kier alpha value is -2.11. The Kier molecular flexibility index (Phi) is 5.29. The zero-order chi connectivity index (χ0) is 14.4. The summed E-state index contributed by atoms with van der Waals surface area (Å²) in [6, 6.07) is 4.26. The number of anilines is 1. The molecule has 0 bridgehead atoms. The zero-order valence-corrected chi connectivity index (χ0v) is 10.9. The number of carboxylic acids is 1. The van der Waals surface area contributed by atoms with E-state index in [9.17, 15) is 14.0 Å². The van der Waals surface area contributed by atoms with Crippen LogP contribution in [0.4, 0.5) is 14.9 Å². The molecule has 1 rings (SSSR count). The van der Waals surface area contributed by atoms with Crippen LogP contribution in [0.25, 0.3) is 0 Å². The zero-order valence-electron chi connectivity index (χ0n) is 10.9. The topological polar surface area (TPSA) is 69.6 Å². The Morgan fingerprint density at radius 3 is 2.47 bits per heavy atom. The lowest BCUT2D eigenvalue weighted by atomic mass is 10.2. The Labute approximate surface area is 111 Å². The molecule has 104 valence electrons. The highest BCUT2D eigenvalue weighted by atomic mass is 19.1. The molecule has 0 saturated heterocycles. The van der Waals surface area contributed by atoms with Gasteiger partial charge in [-0.15, -0.1) is 0 Å². The van der Waals surface area contributed by atoms with Gasteiger partial charge in [-0.2, -0.15) is 0 Å². The third-order valence-corrected chi connectivity index (χ3v) is 2.71. The largest absolute Gasteiger partial charge is 0.480 e. The fourth-order valence-electron chi connectivity index (χ4n) is 1.66. The van der Waals surface area contributed by atoms with Gasteiger partial charge in [-0.25, -0.2) is 14.0 Å². The summed E-state index contributed by atoms with van der Waals surface area (Å²) in [6.45, 7) is 3.58. The highest BCUT2D eigenvalue weighted by Gasteiger charge is 2.23. The number of halogens is 1. The van der Waals surface area contributed by atoms with E-state index in [1.165, 1.54) is 23.1 Å². The molecule has 0 aliphatic rings. The third-order valence-electron chi connectivity index (χ3n) is 2.71. The molecule has 0 spiro atoms. The quantitative estimate of drug-likeness (QED) is 0.860. The molecule has 0 aromatic heterocycles. The molecule has 1 aromatic rings. The van der Waals surface area contributed by atoms with E-state index in [1.54, 1.807) is 19.9 Å². The van der Waals surface area contributed by atoms with E-state index in [1.807, 2.05) is 0 Å². The first-order valence-electron chi connectivity index (χ1n) is 6.06. The number of nitrogens with one attached hydrogen (secondary N) is 1. The van der Waals surface area contributed by atoms with Gasteiger partial charge < -0.3 is 10.4 Å². The standard InChI is InChI=1S/C13H17FN2O3/c1-3-10(12(17)18)15-13(19)16(4-2)11-8-6-5-7-9(11)14/h5-8,10H,3-4H2,1-2H3,(H,15,19)(H,17,18)/t10-/m1/s1. The fourth-order valence-corrected chi connectivity index (χ4v) is 1.66. The lowest BCUT2D eigenvalue weighted by Gasteiger charge is -2.23. The molecule has 0 aliphatic heterocycles. The number of urea groups is 1. The van der Waals surface area contributed by atoms with E-state index >= 15 is 0 Å². The highest BCUT2D eigenvalue weighted by Crippen LogP contribution is 2.18. The van der Waals surface area contributed by atoms with Crippen LogP contribution in [-0.2, 0) is 4.79 Å². The molecule has 2 N–H and O–H groups in total. The normalized spacial score (nSPS) is 11.7.